The maximum Gasteiger partial charge on any atom is 0.336 e. The molecule has 1 aromatic rings. The highest BCUT2D eigenvalue weighted by molar-refractivity contribution is 7.99. The molecule has 4 atom stereocenters. The van der Waals surface area contributed by atoms with Crippen LogP contribution < -0.4 is 20.7 Å². The number of methoxy groups -OCH3 is 1. The van der Waals surface area contributed by atoms with Crippen LogP contribution in [-0.4, -0.2) is 43.0 Å². The number of thioether (sulfide) groups is 1. The highest BCUT2D eigenvalue weighted by Gasteiger charge is 2.48. The number of rotatable bonds is 7. The number of esters is 1. The van der Waals surface area contributed by atoms with E-state index in [1.165, 1.54) is 0 Å². The Kier molecular flexibility index (Phi) is 7.08. The van der Waals surface area contributed by atoms with Crippen LogP contribution in [-0.2, 0) is 14.3 Å². The molecule has 2 aliphatic heterocycles. The third-order valence-electron chi connectivity index (χ3n) is 5.15. The molecule has 8 heteroatoms. The normalized spacial score (nSPS) is 26.3. The first-order valence-corrected chi connectivity index (χ1v) is 11.0. The highest BCUT2D eigenvalue weighted by Crippen LogP contribution is 2.41. The standard InChI is InChI=1S/C21H29N3O4S/c1-5-10-29-21-23-18-17(19(25)24-21)16(13-8-7-9-14(11-13)27-4)15(12(3)22-18)20(26)28-6-2/h7-9,11,16-18,21-23H,5-6,10H2,1-4H3,(H,24,25). The molecule has 7 nitrogen and oxygen atoms in total. The molecule has 0 aromatic heterocycles. The predicted molar refractivity (Wildman–Crippen MR) is 113 cm³/mol. The number of benzene rings is 1. The first-order valence-electron chi connectivity index (χ1n) is 9.96. The minimum absolute atomic E-state index is 0.0861. The molecule has 3 rings (SSSR count). The van der Waals surface area contributed by atoms with E-state index in [2.05, 4.69) is 22.9 Å². The summed E-state index contributed by atoms with van der Waals surface area (Å²) in [4.78, 5) is 26.0. The van der Waals surface area contributed by atoms with Crippen LogP contribution in [0.1, 0.15) is 38.7 Å². The van der Waals surface area contributed by atoms with Crippen LogP contribution in [0.4, 0.5) is 0 Å². The Morgan fingerprint density at radius 2 is 2.03 bits per heavy atom. The fourth-order valence-electron chi connectivity index (χ4n) is 3.91. The Hall–Kier alpha value is -2.19. The van der Waals surface area contributed by atoms with Crippen LogP contribution in [0, 0.1) is 5.92 Å². The Balaban J connectivity index is 2.03. The van der Waals surface area contributed by atoms with Crippen molar-refractivity contribution >= 4 is 23.6 Å². The molecule has 2 aliphatic rings. The van der Waals surface area contributed by atoms with E-state index in [9.17, 15) is 9.59 Å². The number of hydrogen-bond donors (Lipinski definition) is 3. The van der Waals surface area contributed by atoms with Gasteiger partial charge in [-0.05, 0) is 43.7 Å². The molecule has 0 spiro atoms. The summed E-state index contributed by atoms with van der Waals surface area (Å²) < 4.78 is 10.7. The summed E-state index contributed by atoms with van der Waals surface area (Å²) in [6.45, 7) is 6.02. The number of ether oxygens (including phenoxy) is 2. The maximum atomic E-state index is 13.2. The second-order valence-corrected chi connectivity index (χ2v) is 8.30. The van der Waals surface area contributed by atoms with Gasteiger partial charge in [0, 0.05) is 11.6 Å². The van der Waals surface area contributed by atoms with E-state index >= 15 is 0 Å². The lowest BCUT2D eigenvalue weighted by atomic mass is 9.74. The van der Waals surface area contributed by atoms with Gasteiger partial charge in [0.25, 0.3) is 0 Å². The van der Waals surface area contributed by atoms with Crippen LogP contribution in [0.25, 0.3) is 0 Å². The summed E-state index contributed by atoms with van der Waals surface area (Å²) in [7, 11) is 1.60. The second kappa shape index (κ2) is 9.54. The molecule has 2 heterocycles. The van der Waals surface area contributed by atoms with E-state index in [1.807, 2.05) is 31.2 Å². The molecule has 0 aliphatic carbocycles. The van der Waals surface area contributed by atoms with E-state index in [0.717, 1.165) is 23.4 Å². The molecule has 1 amide bonds. The molecule has 1 aromatic carbocycles. The van der Waals surface area contributed by atoms with Gasteiger partial charge in [0.05, 0.1) is 31.4 Å². The maximum absolute atomic E-state index is 13.2. The smallest absolute Gasteiger partial charge is 0.336 e. The van der Waals surface area contributed by atoms with Gasteiger partial charge < -0.3 is 20.1 Å². The van der Waals surface area contributed by atoms with Crippen LogP contribution in [0.3, 0.4) is 0 Å². The number of allylic oxidation sites excluding steroid dienone is 1. The summed E-state index contributed by atoms with van der Waals surface area (Å²) in [6.07, 6.45) is 0.742. The van der Waals surface area contributed by atoms with E-state index in [-0.39, 0.29) is 24.2 Å². The van der Waals surface area contributed by atoms with Crippen molar-refractivity contribution in [2.75, 3.05) is 19.5 Å². The number of carbonyl (C=O) groups excluding carboxylic acids is 2. The van der Waals surface area contributed by atoms with Gasteiger partial charge in [0.15, 0.2) is 0 Å². The van der Waals surface area contributed by atoms with Crippen molar-refractivity contribution in [1.82, 2.24) is 16.0 Å². The van der Waals surface area contributed by atoms with Crippen LogP contribution in [0.5, 0.6) is 5.75 Å². The van der Waals surface area contributed by atoms with Gasteiger partial charge in [-0.1, -0.05) is 19.1 Å². The zero-order valence-corrected chi connectivity index (χ0v) is 18.1. The number of amides is 1. The Morgan fingerprint density at radius 3 is 2.72 bits per heavy atom. The summed E-state index contributed by atoms with van der Waals surface area (Å²) in [5.41, 5.74) is 1.89. The fourth-order valence-corrected chi connectivity index (χ4v) is 4.82. The SMILES string of the molecule is CCCSC1NC(=O)C2C(NC(C)=C(C(=O)OCC)C2c2cccc(OC)c2)N1. The molecule has 4 unspecified atom stereocenters. The van der Waals surface area contributed by atoms with Gasteiger partial charge >= 0.3 is 5.97 Å². The molecular formula is C21H29N3O4S. The Bertz CT molecular complexity index is 798. The molecule has 158 valence electrons. The van der Waals surface area contributed by atoms with Crippen LogP contribution in [0.15, 0.2) is 35.5 Å². The first kappa shape index (κ1) is 21.5. The minimum Gasteiger partial charge on any atom is -0.497 e. The van der Waals surface area contributed by atoms with E-state index in [1.54, 1.807) is 25.8 Å². The first-order chi connectivity index (χ1) is 14.0. The van der Waals surface area contributed by atoms with Crippen molar-refractivity contribution in [3.05, 3.63) is 41.1 Å². The van der Waals surface area contributed by atoms with Crippen molar-refractivity contribution in [2.45, 2.75) is 44.8 Å². The van der Waals surface area contributed by atoms with Crippen molar-refractivity contribution in [3.8, 4) is 5.75 Å². The average Bonchev–Trinajstić information content (AvgIpc) is 2.71. The fraction of sp³-hybridized carbons (Fsp3) is 0.524. The molecular weight excluding hydrogens is 390 g/mol. The predicted octanol–water partition coefficient (Wildman–Crippen LogP) is 2.31. The Morgan fingerprint density at radius 1 is 1.24 bits per heavy atom. The van der Waals surface area contributed by atoms with Crippen LogP contribution in [0.2, 0.25) is 0 Å². The monoisotopic (exact) mass is 419 g/mol. The average molecular weight is 420 g/mol. The molecule has 0 bridgehead atoms. The lowest BCUT2D eigenvalue weighted by molar-refractivity contribution is -0.139. The third-order valence-corrected chi connectivity index (χ3v) is 6.38. The van der Waals surface area contributed by atoms with Gasteiger partial charge in [-0.15, -0.1) is 11.8 Å². The molecule has 29 heavy (non-hydrogen) atoms. The number of fused-ring (bicyclic) bond motifs is 1. The van der Waals surface area contributed by atoms with Crippen molar-refractivity contribution in [2.24, 2.45) is 5.92 Å². The minimum atomic E-state index is -0.497. The summed E-state index contributed by atoms with van der Waals surface area (Å²) in [6, 6.07) is 7.52. The number of hydrogen-bond acceptors (Lipinski definition) is 7. The van der Waals surface area contributed by atoms with Crippen LogP contribution >= 0.6 is 11.8 Å². The van der Waals surface area contributed by atoms with Crippen molar-refractivity contribution in [1.29, 1.82) is 0 Å². The molecule has 0 radical (unpaired) electrons. The molecule has 1 saturated heterocycles. The quantitative estimate of drug-likeness (QED) is 0.585. The zero-order chi connectivity index (χ0) is 21.0. The lowest BCUT2D eigenvalue weighted by Gasteiger charge is -2.45. The Labute approximate surface area is 176 Å². The number of nitrogens with one attached hydrogen (secondary N) is 3. The summed E-state index contributed by atoms with van der Waals surface area (Å²) in [5, 5.41) is 9.86. The van der Waals surface area contributed by atoms with Gasteiger partial charge in [0.2, 0.25) is 5.91 Å². The third kappa shape index (κ3) is 4.53. The lowest BCUT2D eigenvalue weighted by Crippen LogP contribution is -2.67. The highest BCUT2D eigenvalue weighted by atomic mass is 32.2. The van der Waals surface area contributed by atoms with Gasteiger partial charge in [-0.2, -0.15) is 0 Å². The molecule has 0 saturated carbocycles. The summed E-state index contributed by atoms with van der Waals surface area (Å²) >= 11 is 1.67. The topological polar surface area (TPSA) is 88.7 Å². The zero-order valence-electron chi connectivity index (χ0n) is 17.3. The molecule has 3 N–H and O–H groups in total. The van der Waals surface area contributed by atoms with Crippen molar-refractivity contribution < 1.29 is 19.1 Å². The van der Waals surface area contributed by atoms with E-state index in [0.29, 0.717) is 11.3 Å². The van der Waals surface area contributed by atoms with Gasteiger partial charge in [0.1, 0.15) is 11.2 Å². The van der Waals surface area contributed by atoms with Gasteiger partial charge in [-0.3, -0.25) is 10.1 Å². The van der Waals surface area contributed by atoms with Gasteiger partial charge in [-0.25, -0.2) is 4.79 Å². The number of carbonyl (C=O) groups is 2. The summed E-state index contributed by atoms with van der Waals surface area (Å²) in [5.74, 6) is 0.191. The van der Waals surface area contributed by atoms with E-state index < -0.39 is 17.8 Å². The largest absolute Gasteiger partial charge is 0.497 e. The molecule has 1 fully saturated rings. The second-order valence-electron chi connectivity index (χ2n) is 7.09. The van der Waals surface area contributed by atoms with E-state index in [4.69, 9.17) is 9.47 Å². The van der Waals surface area contributed by atoms with Crippen molar-refractivity contribution in [3.63, 3.8) is 0 Å².